The van der Waals surface area contributed by atoms with Crippen LogP contribution in [-0.2, 0) is 9.59 Å². The zero-order valence-corrected chi connectivity index (χ0v) is 6.14. The van der Waals surface area contributed by atoms with Crippen LogP contribution in [0.4, 0.5) is 0 Å². The highest BCUT2D eigenvalue weighted by Crippen LogP contribution is 1.95. The van der Waals surface area contributed by atoms with Crippen molar-refractivity contribution in [3.8, 4) is 0 Å². The Balaban J connectivity index is -0.0000000437. The van der Waals surface area contributed by atoms with Crippen LogP contribution in [0.1, 0.15) is 54.4 Å². The minimum Gasteiger partial charge on any atom is -0.186 e. The van der Waals surface area contributed by atoms with Gasteiger partial charge in [-0.25, -0.2) is 0 Å². The van der Waals surface area contributed by atoms with Crippen LogP contribution in [0.5, 0.6) is 0 Å². The molecule has 0 N–H and O–H groups in total. The molecular formula is C9H22O2. The predicted molar refractivity (Wildman–Crippen MR) is 48.3 cm³/mol. The van der Waals surface area contributed by atoms with Crippen molar-refractivity contribution < 1.29 is 9.59 Å². The van der Waals surface area contributed by atoms with E-state index in [0.717, 1.165) is 0 Å². The average Bonchev–Trinajstić information content (AvgIpc) is 1.86. The highest BCUT2D eigenvalue weighted by molar-refractivity contribution is 5.20. The average molecular weight is 162 g/mol. The van der Waals surface area contributed by atoms with E-state index in [1.165, 1.54) is 25.7 Å². The number of hydrogen-bond acceptors (Lipinski definition) is 2. The third-order valence-electron chi connectivity index (χ3n) is 0.957. The lowest BCUT2D eigenvalue weighted by molar-refractivity contribution is -0.191. The normalized spacial score (nSPS) is 5.64. The van der Waals surface area contributed by atoms with Crippen LogP contribution in [0, 0.1) is 0 Å². The van der Waals surface area contributed by atoms with E-state index in [-0.39, 0.29) is 21.0 Å². The molecule has 70 valence electrons. The predicted octanol–water partition coefficient (Wildman–Crippen LogP) is 3.28. The number of hydrogen-bond donors (Lipinski definition) is 0. The quantitative estimate of drug-likeness (QED) is 0.597. The molecule has 0 saturated carbocycles. The van der Waals surface area contributed by atoms with Crippen LogP contribution in [-0.4, -0.2) is 6.15 Å². The lowest BCUT2D eigenvalue weighted by Gasteiger charge is -1.86. The van der Waals surface area contributed by atoms with Crippen LogP contribution < -0.4 is 0 Å². The molecule has 2 nitrogen and oxygen atoms in total. The second-order valence-corrected chi connectivity index (χ2v) is 1.79. The maximum absolute atomic E-state index is 8.12. The van der Waals surface area contributed by atoms with Crippen molar-refractivity contribution in [3.05, 3.63) is 0 Å². The molecule has 0 fully saturated rings. The fourth-order valence-electron chi connectivity index (χ4n) is 0.500. The first-order valence-electron chi connectivity index (χ1n) is 3.32. The van der Waals surface area contributed by atoms with Gasteiger partial charge in [0.25, 0.3) is 0 Å². The summed E-state index contributed by atoms with van der Waals surface area (Å²) in [6.07, 6.45) is 5.79. The van der Waals surface area contributed by atoms with Crippen molar-refractivity contribution in [3.63, 3.8) is 0 Å². The third-order valence-corrected chi connectivity index (χ3v) is 0.957. The minimum absolute atomic E-state index is 0. The molecule has 0 aliphatic heterocycles. The summed E-state index contributed by atoms with van der Waals surface area (Å²) in [6.45, 7) is 4.46. The molecule has 0 aromatic heterocycles. The van der Waals surface area contributed by atoms with Crippen molar-refractivity contribution in [2.45, 2.75) is 54.4 Å². The monoisotopic (exact) mass is 162 g/mol. The lowest BCUT2D eigenvalue weighted by Crippen LogP contribution is -1.66. The Morgan fingerprint density at radius 3 is 1.18 bits per heavy atom. The Hall–Kier alpha value is -0.620. The second-order valence-electron chi connectivity index (χ2n) is 1.79. The van der Waals surface area contributed by atoms with Gasteiger partial charge < -0.3 is 0 Å². The Morgan fingerprint density at radius 2 is 1.09 bits per heavy atom. The van der Waals surface area contributed by atoms with Gasteiger partial charge >= 0.3 is 6.15 Å². The van der Waals surface area contributed by atoms with Crippen LogP contribution >= 0.6 is 0 Å². The van der Waals surface area contributed by atoms with Crippen LogP contribution in [0.3, 0.4) is 0 Å². The van der Waals surface area contributed by atoms with E-state index in [2.05, 4.69) is 13.8 Å². The van der Waals surface area contributed by atoms with E-state index in [0.29, 0.717) is 0 Å². The fourth-order valence-corrected chi connectivity index (χ4v) is 0.500. The Kier molecular flexibility index (Phi) is 70.0. The molecule has 0 aromatic carbocycles. The molecule has 0 bridgehead atoms. The number of rotatable bonds is 3. The van der Waals surface area contributed by atoms with Crippen LogP contribution in [0.25, 0.3) is 0 Å². The van der Waals surface area contributed by atoms with Crippen LogP contribution in [0.15, 0.2) is 0 Å². The molecule has 0 atom stereocenters. The lowest BCUT2D eigenvalue weighted by atomic mass is 10.2. The largest absolute Gasteiger partial charge is 0.373 e. The SMILES string of the molecule is C.C.CCCCCC.O=C=O. The standard InChI is InChI=1S/C6H14.CO2.2CH4/c1-3-5-6-4-2;2-1-3;;/h3-6H2,1-2H3;;2*1H4. The maximum atomic E-state index is 8.12. The fraction of sp³-hybridized carbons (Fsp3) is 0.889. The molecule has 0 heterocycles. The van der Waals surface area contributed by atoms with E-state index >= 15 is 0 Å². The van der Waals surface area contributed by atoms with E-state index in [9.17, 15) is 0 Å². The molecule has 0 radical (unpaired) electrons. The summed E-state index contributed by atoms with van der Waals surface area (Å²) >= 11 is 0. The summed E-state index contributed by atoms with van der Waals surface area (Å²) in [6, 6.07) is 0. The zero-order valence-electron chi connectivity index (χ0n) is 6.14. The van der Waals surface area contributed by atoms with Gasteiger partial charge in [-0.05, 0) is 0 Å². The van der Waals surface area contributed by atoms with Crippen LogP contribution in [0.2, 0.25) is 0 Å². The molecule has 0 aromatic rings. The first-order valence-corrected chi connectivity index (χ1v) is 3.32. The van der Waals surface area contributed by atoms with Crippen molar-refractivity contribution in [1.82, 2.24) is 0 Å². The Morgan fingerprint density at radius 1 is 0.909 bits per heavy atom. The van der Waals surface area contributed by atoms with E-state index in [4.69, 9.17) is 9.59 Å². The third kappa shape index (κ3) is 90.2. The molecule has 11 heavy (non-hydrogen) atoms. The minimum atomic E-state index is 0. The summed E-state index contributed by atoms with van der Waals surface area (Å²) in [5.74, 6) is 0. The Bertz CT molecular complexity index is 60.0. The van der Waals surface area contributed by atoms with Gasteiger partial charge in [-0.2, -0.15) is 9.59 Å². The summed E-state index contributed by atoms with van der Waals surface area (Å²) in [5.41, 5.74) is 0. The van der Waals surface area contributed by atoms with E-state index in [1.54, 1.807) is 0 Å². The molecular weight excluding hydrogens is 140 g/mol. The van der Waals surface area contributed by atoms with Gasteiger partial charge in [-0.1, -0.05) is 54.4 Å². The van der Waals surface area contributed by atoms with Gasteiger partial charge in [0.15, 0.2) is 0 Å². The molecule has 0 amide bonds. The van der Waals surface area contributed by atoms with Gasteiger partial charge in [0.05, 0.1) is 0 Å². The molecule has 0 rings (SSSR count). The molecule has 0 spiro atoms. The highest BCUT2D eigenvalue weighted by Gasteiger charge is 1.75. The van der Waals surface area contributed by atoms with Gasteiger partial charge in [0.2, 0.25) is 0 Å². The molecule has 0 aliphatic rings. The number of unbranched alkanes of at least 4 members (excludes halogenated alkanes) is 3. The summed E-state index contributed by atoms with van der Waals surface area (Å²) < 4.78 is 0. The highest BCUT2D eigenvalue weighted by atomic mass is 16.2. The van der Waals surface area contributed by atoms with E-state index in [1.807, 2.05) is 0 Å². The first kappa shape index (κ1) is 22.4. The van der Waals surface area contributed by atoms with Gasteiger partial charge in [0.1, 0.15) is 0 Å². The molecule has 2 heteroatoms. The second kappa shape index (κ2) is 34.3. The van der Waals surface area contributed by atoms with E-state index < -0.39 is 0 Å². The number of carbonyl (C=O) groups excluding carboxylic acids is 2. The first-order chi connectivity index (χ1) is 4.33. The van der Waals surface area contributed by atoms with Crippen molar-refractivity contribution in [1.29, 1.82) is 0 Å². The molecule has 0 unspecified atom stereocenters. The smallest absolute Gasteiger partial charge is 0.186 e. The topological polar surface area (TPSA) is 34.1 Å². The van der Waals surface area contributed by atoms with Crippen molar-refractivity contribution in [2.75, 3.05) is 0 Å². The van der Waals surface area contributed by atoms with Gasteiger partial charge in [-0.3, -0.25) is 0 Å². The zero-order chi connectivity index (χ0) is 7.54. The molecule has 0 aliphatic carbocycles. The summed E-state index contributed by atoms with van der Waals surface area (Å²) in [7, 11) is 0. The van der Waals surface area contributed by atoms with Crippen molar-refractivity contribution >= 4 is 6.15 Å². The molecule has 0 saturated heterocycles. The Labute approximate surface area is 71.0 Å². The maximum Gasteiger partial charge on any atom is 0.373 e. The van der Waals surface area contributed by atoms with Gasteiger partial charge in [0, 0.05) is 0 Å². The van der Waals surface area contributed by atoms with Crippen molar-refractivity contribution in [2.24, 2.45) is 0 Å². The van der Waals surface area contributed by atoms with Gasteiger partial charge in [-0.15, -0.1) is 0 Å². The summed E-state index contributed by atoms with van der Waals surface area (Å²) in [4.78, 5) is 16.2. The summed E-state index contributed by atoms with van der Waals surface area (Å²) in [5, 5.41) is 0.